The van der Waals surface area contributed by atoms with Gasteiger partial charge in [0.25, 0.3) is 0 Å². The van der Waals surface area contributed by atoms with Crippen molar-refractivity contribution in [3.8, 4) is 5.75 Å². The summed E-state index contributed by atoms with van der Waals surface area (Å²) < 4.78 is 44.7. The van der Waals surface area contributed by atoms with E-state index < -0.39 is 47.2 Å². The molecule has 0 aromatic heterocycles. The molecule has 1 aliphatic heterocycles. The Kier molecular flexibility index (Phi) is 13.5. The molecule has 0 spiro atoms. The zero-order valence-electron chi connectivity index (χ0n) is 27.2. The molecule has 1 saturated heterocycles. The average molecular weight is 641 g/mol. The number of piperidine rings is 1. The van der Waals surface area contributed by atoms with Crippen LogP contribution in [0.1, 0.15) is 83.8 Å². The Morgan fingerprint density at radius 1 is 1.11 bits per heavy atom. The lowest BCUT2D eigenvalue weighted by atomic mass is 9.84. The maximum Gasteiger partial charge on any atom is 0.410 e. The molecule has 1 saturated carbocycles. The summed E-state index contributed by atoms with van der Waals surface area (Å²) in [5.74, 6) is -2.67. The number of aromatic hydroxyl groups is 1. The number of phenols is 1. The van der Waals surface area contributed by atoms with Crippen molar-refractivity contribution in [2.45, 2.75) is 89.9 Å². The first-order valence-corrected chi connectivity index (χ1v) is 15.9. The fourth-order valence-electron chi connectivity index (χ4n) is 6.15. The first-order chi connectivity index (χ1) is 21.3. The van der Waals surface area contributed by atoms with E-state index in [-0.39, 0.29) is 43.9 Å². The Hall–Kier alpha value is -3.35. The Morgan fingerprint density at radius 2 is 1.82 bits per heavy atom. The molecule has 11 nitrogen and oxygen atoms in total. The number of ether oxygens (including phenoxy) is 3. The minimum atomic E-state index is -1.11. The number of likely N-dealkylation sites (tertiary alicyclic amines) is 1. The van der Waals surface area contributed by atoms with E-state index in [9.17, 15) is 28.3 Å². The Morgan fingerprint density at radius 3 is 2.49 bits per heavy atom. The highest BCUT2D eigenvalue weighted by Crippen LogP contribution is 2.38. The van der Waals surface area contributed by atoms with E-state index in [1.807, 2.05) is 0 Å². The third kappa shape index (κ3) is 11.5. The van der Waals surface area contributed by atoms with Gasteiger partial charge < -0.3 is 39.8 Å². The normalized spacial score (nSPS) is 18.9. The van der Waals surface area contributed by atoms with Crippen LogP contribution in [0.5, 0.6) is 5.75 Å². The first-order valence-electron chi connectivity index (χ1n) is 15.9. The molecule has 2 fully saturated rings. The van der Waals surface area contributed by atoms with Crippen molar-refractivity contribution in [3.63, 3.8) is 0 Å². The fraction of sp³-hybridized carbons (Fsp3) is 0.719. The Labute approximate surface area is 264 Å². The minimum absolute atomic E-state index is 0.0273. The second kappa shape index (κ2) is 16.8. The van der Waals surface area contributed by atoms with Gasteiger partial charge in [0.05, 0.1) is 19.8 Å². The largest absolute Gasteiger partial charge is 0.505 e. The van der Waals surface area contributed by atoms with Gasteiger partial charge in [-0.05, 0) is 52.0 Å². The van der Waals surface area contributed by atoms with Crippen molar-refractivity contribution in [3.05, 3.63) is 29.3 Å². The molecule has 254 valence electrons. The summed E-state index contributed by atoms with van der Waals surface area (Å²) in [5.41, 5.74) is -0.713. The summed E-state index contributed by atoms with van der Waals surface area (Å²) in [6.07, 6.45) is 5.46. The highest BCUT2D eigenvalue weighted by molar-refractivity contribution is 5.75. The topological polar surface area (TPSA) is 130 Å². The maximum atomic E-state index is 14.4. The summed E-state index contributed by atoms with van der Waals surface area (Å²) in [4.78, 5) is 41.0. The molecule has 1 aliphatic carbocycles. The number of carbonyl (C=O) groups excluding carboxylic acids is 3. The number of methoxy groups -OCH3 is 1. The predicted octanol–water partition coefficient (Wildman–Crippen LogP) is 5.71. The summed E-state index contributed by atoms with van der Waals surface area (Å²) in [5, 5.41) is 16.1. The molecular weight excluding hydrogens is 590 g/mol. The van der Waals surface area contributed by atoms with Crippen LogP contribution in [0.3, 0.4) is 0 Å². The van der Waals surface area contributed by atoms with Crippen molar-refractivity contribution in [2.24, 2.45) is 11.8 Å². The molecule has 0 unspecified atom stereocenters. The number of nitrogens with one attached hydrogen (secondary N) is 2. The van der Waals surface area contributed by atoms with Crippen molar-refractivity contribution < 1.29 is 42.5 Å². The van der Waals surface area contributed by atoms with Crippen LogP contribution in [0.2, 0.25) is 0 Å². The van der Waals surface area contributed by atoms with Crippen LogP contribution in [-0.2, 0) is 14.2 Å². The molecule has 3 rings (SSSR count). The van der Waals surface area contributed by atoms with Gasteiger partial charge >= 0.3 is 18.2 Å². The lowest BCUT2D eigenvalue weighted by molar-refractivity contribution is -0.0104. The van der Waals surface area contributed by atoms with Crippen LogP contribution in [0.15, 0.2) is 12.1 Å². The number of rotatable bonds is 11. The number of nitrogens with zero attached hydrogens (tertiary/aromatic N) is 2. The van der Waals surface area contributed by atoms with Gasteiger partial charge in [-0.1, -0.05) is 32.1 Å². The van der Waals surface area contributed by atoms with E-state index in [0.29, 0.717) is 31.4 Å². The number of hydrogen-bond donors (Lipinski definition) is 3. The summed E-state index contributed by atoms with van der Waals surface area (Å²) in [6, 6.07) is 1.01. The molecule has 1 heterocycles. The third-order valence-electron chi connectivity index (χ3n) is 8.26. The van der Waals surface area contributed by atoms with Gasteiger partial charge in [-0.15, -0.1) is 0 Å². The monoisotopic (exact) mass is 640 g/mol. The molecule has 13 heteroatoms. The van der Waals surface area contributed by atoms with E-state index in [4.69, 9.17) is 9.47 Å². The molecule has 0 bridgehead atoms. The minimum Gasteiger partial charge on any atom is -0.505 e. The van der Waals surface area contributed by atoms with Crippen LogP contribution in [0.4, 0.5) is 23.2 Å². The van der Waals surface area contributed by atoms with E-state index in [2.05, 4.69) is 15.4 Å². The van der Waals surface area contributed by atoms with E-state index in [1.54, 1.807) is 32.7 Å². The number of alkyl carbamates (subject to hydrolysis) is 1. The molecule has 1 aromatic rings. The number of benzene rings is 1. The van der Waals surface area contributed by atoms with Gasteiger partial charge in [0.1, 0.15) is 11.4 Å². The SMILES string of the molecule is COC(=O)NCCO[C@@H](c1cc(F)cc(F)c1O)[C@@H]1CCCN(C(=O)N[C@@H](CC2CCCCC2)CN(C)C(=O)OC(C)(C)C)C1. The highest BCUT2D eigenvalue weighted by Gasteiger charge is 2.35. The standard InChI is InChI=1S/C32H50F2N4O7/c1-32(2,3)45-31(42)37(4)20-24(16-21-10-7-6-8-11-21)36-29(40)38-14-9-12-22(19-38)28(44-15-13-35-30(41)43-5)25-17-23(33)18-26(34)27(25)39/h17-18,21-22,24,28,39H,6-16,19-20H2,1-5H3,(H,35,41)(H,36,40)/t22-,24+,28-/m1/s1. The van der Waals surface area contributed by atoms with Gasteiger partial charge in [0.15, 0.2) is 11.6 Å². The zero-order valence-corrected chi connectivity index (χ0v) is 27.2. The molecule has 2 aliphatic rings. The van der Waals surface area contributed by atoms with Gasteiger partial charge in [-0.3, -0.25) is 0 Å². The number of carbonyl (C=O) groups is 3. The molecule has 3 atom stereocenters. The quantitative estimate of drug-likeness (QED) is 0.264. The van der Waals surface area contributed by atoms with Crippen LogP contribution in [0.25, 0.3) is 0 Å². The second-order valence-electron chi connectivity index (χ2n) is 13.1. The van der Waals surface area contributed by atoms with Gasteiger partial charge in [-0.25, -0.2) is 23.2 Å². The van der Waals surface area contributed by atoms with Crippen LogP contribution in [-0.4, -0.2) is 91.7 Å². The molecule has 4 amide bonds. The highest BCUT2D eigenvalue weighted by atomic mass is 19.1. The number of halogens is 2. The van der Waals surface area contributed by atoms with Crippen molar-refractivity contribution in [1.82, 2.24) is 20.4 Å². The number of phenolic OH excluding ortho intramolecular Hbond substituents is 1. The number of likely N-dealkylation sites (N-methyl/N-ethyl adjacent to an activating group) is 1. The molecule has 3 N–H and O–H groups in total. The number of hydrogen-bond acceptors (Lipinski definition) is 7. The molecule has 0 radical (unpaired) electrons. The maximum absolute atomic E-state index is 14.4. The summed E-state index contributed by atoms with van der Waals surface area (Å²) in [6.45, 7) is 6.39. The van der Waals surface area contributed by atoms with Crippen LogP contribution >= 0.6 is 0 Å². The van der Waals surface area contributed by atoms with Gasteiger partial charge in [0, 0.05) is 56.8 Å². The predicted molar refractivity (Wildman–Crippen MR) is 164 cm³/mol. The van der Waals surface area contributed by atoms with Crippen molar-refractivity contribution in [2.75, 3.05) is 46.9 Å². The van der Waals surface area contributed by atoms with E-state index in [0.717, 1.165) is 38.2 Å². The Balaban J connectivity index is 1.74. The Bertz CT molecular complexity index is 1140. The lowest BCUT2D eigenvalue weighted by Gasteiger charge is -2.38. The number of urea groups is 1. The summed E-state index contributed by atoms with van der Waals surface area (Å²) >= 11 is 0. The van der Waals surface area contributed by atoms with Gasteiger partial charge in [0.2, 0.25) is 0 Å². The first kappa shape index (κ1) is 36.1. The van der Waals surface area contributed by atoms with Crippen molar-refractivity contribution >= 4 is 18.2 Å². The van der Waals surface area contributed by atoms with Gasteiger partial charge in [-0.2, -0.15) is 0 Å². The smallest absolute Gasteiger partial charge is 0.410 e. The third-order valence-corrected chi connectivity index (χ3v) is 8.26. The van der Waals surface area contributed by atoms with Crippen molar-refractivity contribution in [1.29, 1.82) is 0 Å². The molecule has 45 heavy (non-hydrogen) atoms. The average Bonchev–Trinajstić information content (AvgIpc) is 2.98. The van der Waals surface area contributed by atoms with E-state index in [1.165, 1.54) is 18.4 Å². The number of amides is 4. The van der Waals surface area contributed by atoms with Crippen LogP contribution in [0, 0.1) is 23.5 Å². The van der Waals surface area contributed by atoms with Crippen LogP contribution < -0.4 is 10.6 Å². The zero-order chi connectivity index (χ0) is 33.1. The summed E-state index contributed by atoms with van der Waals surface area (Å²) in [7, 11) is 2.89. The molecule has 1 aromatic carbocycles. The molecular formula is C32H50F2N4O7. The fourth-order valence-corrected chi connectivity index (χ4v) is 6.15. The van der Waals surface area contributed by atoms with E-state index >= 15 is 0 Å². The second-order valence-corrected chi connectivity index (χ2v) is 13.1. The lowest BCUT2D eigenvalue weighted by Crippen LogP contribution is -2.53.